The molecular weight excluding hydrogens is 378 g/mol. The summed E-state index contributed by atoms with van der Waals surface area (Å²) in [5.41, 5.74) is 3.54. The van der Waals surface area contributed by atoms with Gasteiger partial charge < -0.3 is 10.4 Å². The first-order valence-corrected chi connectivity index (χ1v) is 11.8. The number of unbranched alkanes of at least 4 members (excludes halogenated alkanes) is 1. The summed E-state index contributed by atoms with van der Waals surface area (Å²) >= 11 is 0. The fraction of sp³-hybridized carbons (Fsp3) is 0.773. The number of hydrogen-bond donors (Lipinski definition) is 2. The predicted octanol–water partition coefficient (Wildman–Crippen LogP) is 1.75. The van der Waals surface area contributed by atoms with Gasteiger partial charge in [-0.3, -0.25) is 9.58 Å². The van der Waals surface area contributed by atoms with Crippen molar-refractivity contribution in [1.82, 2.24) is 35.0 Å². The minimum absolute atomic E-state index is 0.0591. The highest BCUT2D eigenvalue weighted by Gasteiger charge is 2.42. The predicted molar refractivity (Wildman–Crippen MR) is 114 cm³/mol. The molecule has 2 aliphatic heterocycles. The normalized spacial score (nSPS) is 29.5. The Morgan fingerprint density at radius 2 is 2.07 bits per heavy atom. The summed E-state index contributed by atoms with van der Waals surface area (Å²) in [5.74, 6) is 1.19. The fourth-order valence-corrected chi connectivity index (χ4v) is 5.59. The minimum atomic E-state index is -0.332. The van der Waals surface area contributed by atoms with E-state index in [9.17, 15) is 5.11 Å². The number of hydrogen-bond acceptors (Lipinski definition) is 6. The summed E-state index contributed by atoms with van der Waals surface area (Å²) in [6, 6.07) is 2.33. The Bertz CT molecular complexity index is 823. The molecule has 5 rings (SSSR count). The number of aryl methyl sites for hydroxylation is 2. The van der Waals surface area contributed by atoms with E-state index in [0.29, 0.717) is 11.8 Å². The Balaban J connectivity index is 1.21. The maximum atomic E-state index is 10.8. The van der Waals surface area contributed by atoms with Crippen LogP contribution in [0.3, 0.4) is 0 Å². The number of aromatic nitrogens is 5. The molecule has 0 aromatic carbocycles. The maximum absolute atomic E-state index is 10.8. The van der Waals surface area contributed by atoms with Gasteiger partial charge in [0.15, 0.2) is 0 Å². The van der Waals surface area contributed by atoms with E-state index in [0.717, 1.165) is 83.5 Å². The van der Waals surface area contributed by atoms with E-state index < -0.39 is 0 Å². The number of nitrogens with one attached hydrogen (secondary N) is 1. The summed E-state index contributed by atoms with van der Waals surface area (Å²) in [7, 11) is 0. The highest BCUT2D eigenvalue weighted by atomic mass is 16.3. The van der Waals surface area contributed by atoms with E-state index >= 15 is 0 Å². The molecule has 0 bridgehead atoms. The van der Waals surface area contributed by atoms with Crippen molar-refractivity contribution in [3.8, 4) is 0 Å². The minimum Gasteiger partial charge on any atom is -0.391 e. The lowest BCUT2D eigenvalue weighted by Crippen LogP contribution is -2.36. The second kappa shape index (κ2) is 8.77. The first-order chi connectivity index (χ1) is 14.7. The lowest BCUT2D eigenvalue weighted by atomic mass is 9.77. The lowest BCUT2D eigenvalue weighted by Gasteiger charge is -2.35. The zero-order chi connectivity index (χ0) is 20.5. The van der Waals surface area contributed by atoms with Crippen LogP contribution in [0.15, 0.2) is 12.3 Å². The summed E-state index contributed by atoms with van der Waals surface area (Å²) < 4.78 is 4.12. The van der Waals surface area contributed by atoms with Crippen LogP contribution in [0.1, 0.15) is 62.2 Å². The molecule has 0 spiro atoms. The van der Waals surface area contributed by atoms with Crippen molar-refractivity contribution in [3.05, 3.63) is 29.3 Å². The average Bonchev–Trinajstić information content (AvgIpc) is 3.41. The van der Waals surface area contributed by atoms with Gasteiger partial charge in [0.2, 0.25) is 0 Å². The average molecular weight is 414 g/mol. The molecule has 0 amide bonds. The quantitative estimate of drug-likeness (QED) is 0.751. The molecule has 1 saturated heterocycles. The molecule has 2 N–H and O–H groups in total. The van der Waals surface area contributed by atoms with E-state index in [2.05, 4.69) is 44.4 Å². The number of rotatable bonds is 6. The summed E-state index contributed by atoms with van der Waals surface area (Å²) in [4.78, 5) is 2.54. The maximum Gasteiger partial charge on any atom is 0.0827 e. The van der Waals surface area contributed by atoms with E-state index in [1.54, 1.807) is 0 Å². The third-order valence-electron chi connectivity index (χ3n) is 7.20. The van der Waals surface area contributed by atoms with Crippen LogP contribution in [-0.4, -0.2) is 60.5 Å². The molecule has 4 atom stereocenters. The molecule has 4 heterocycles. The first kappa shape index (κ1) is 20.2. The molecular formula is C22H35N7O. The Morgan fingerprint density at radius 1 is 1.20 bits per heavy atom. The van der Waals surface area contributed by atoms with E-state index in [-0.39, 0.29) is 12.1 Å². The second-order valence-electron chi connectivity index (χ2n) is 9.49. The van der Waals surface area contributed by atoms with Crippen molar-refractivity contribution in [1.29, 1.82) is 0 Å². The van der Waals surface area contributed by atoms with Gasteiger partial charge >= 0.3 is 0 Å². The molecule has 2 aromatic rings. The van der Waals surface area contributed by atoms with Crippen LogP contribution < -0.4 is 5.32 Å². The molecule has 30 heavy (non-hydrogen) atoms. The van der Waals surface area contributed by atoms with E-state index in [1.807, 2.05) is 4.68 Å². The van der Waals surface area contributed by atoms with Crippen molar-refractivity contribution in [3.63, 3.8) is 0 Å². The van der Waals surface area contributed by atoms with Gasteiger partial charge in [-0.15, -0.1) is 5.10 Å². The van der Waals surface area contributed by atoms with Gasteiger partial charge in [0.1, 0.15) is 0 Å². The van der Waals surface area contributed by atoms with Crippen LogP contribution in [0, 0.1) is 11.8 Å². The monoisotopic (exact) mass is 413 g/mol. The van der Waals surface area contributed by atoms with Crippen LogP contribution in [0.25, 0.3) is 0 Å². The number of aliphatic hydroxyl groups is 1. The molecule has 1 saturated carbocycles. The highest BCUT2D eigenvalue weighted by molar-refractivity contribution is 5.12. The molecule has 164 valence electrons. The van der Waals surface area contributed by atoms with Crippen molar-refractivity contribution < 1.29 is 5.11 Å². The molecule has 8 nitrogen and oxygen atoms in total. The van der Waals surface area contributed by atoms with E-state index in [4.69, 9.17) is 5.10 Å². The lowest BCUT2D eigenvalue weighted by molar-refractivity contribution is 0.0298. The van der Waals surface area contributed by atoms with Crippen LogP contribution in [0.2, 0.25) is 0 Å². The summed E-state index contributed by atoms with van der Waals surface area (Å²) in [6.45, 7) is 8.27. The Labute approximate surface area is 178 Å². The van der Waals surface area contributed by atoms with Crippen LogP contribution in [-0.2, 0) is 26.1 Å². The van der Waals surface area contributed by atoms with Gasteiger partial charge in [0.05, 0.1) is 29.2 Å². The zero-order valence-corrected chi connectivity index (χ0v) is 18.1. The summed E-state index contributed by atoms with van der Waals surface area (Å²) in [6.07, 6.45) is 7.99. The molecule has 2 aromatic heterocycles. The van der Waals surface area contributed by atoms with Crippen LogP contribution in [0.5, 0.6) is 0 Å². The number of likely N-dealkylation sites (tertiary alicyclic amines) is 1. The van der Waals surface area contributed by atoms with Crippen LogP contribution in [0.4, 0.5) is 0 Å². The van der Waals surface area contributed by atoms with Crippen molar-refractivity contribution in [2.24, 2.45) is 11.8 Å². The van der Waals surface area contributed by atoms with Gasteiger partial charge in [-0.05, 0) is 56.6 Å². The van der Waals surface area contributed by atoms with Crippen LogP contribution >= 0.6 is 0 Å². The second-order valence-corrected chi connectivity index (χ2v) is 9.49. The van der Waals surface area contributed by atoms with Crippen molar-refractivity contribution >= 4 is 0 Å². The standard InChI is InChI=1S/C22H35N7O/c1-2-3-5-18-15-29(26-24-18)21-8-16-12-27(13-17(16)9-22(21)30)14-19-10-20-11-23-6-4-7-28(20)25-19/h10,15-17,21-23,30H,2-9,11-14H2,1H3/t16-,17+,21-,22-/m1/s1. The molecule has 0 unspecified atom stereocenters. The van der Waals surface area contributed by atoms with Gasteiger partial charge in [-0.2, -0.15) is 5.10 Å². The molecule has 0 radical (unpaired) electrons. The first-order valence-electron chi connectivity index (χ1n) is 11.8. The third kappa shape index (κ3) is 4.18. The Kier molecular flexibility index (Phi) is 5.89. The number of aliphatic hydroxyl groups excluding tert-OH is 1. The van der Waals surface area contributed by atoms with E-state index in [1.165, 1.54) is 11.4 Å². The van der Waals surface area contributed by atoms with Gasteiger partial charge in [-0.25, -0.2) is 4.68 Å². The Morgan fingerprint density at radius 3 is 2.93 bits per heavy atom. The van der Waals surface area contributed by atoms with Crippen molar-refractivity contribution in [2.45, 2.75) is 77.2 Å². The molecule has 8 heteroatoms. The fourth-order valence-electron chi connectivity index (χ4n) is 5.59. The molecule has 3 aliphatic rings. The smallest absolute Gasteiger partial charge is 0.0827 e. The number of fused-ring (bicyclic) bond motifs is 2. The van der Waals surface area contributed by atoms with Crippen molar-refractivity contribution in [2.75, 3.05) is 19.6 Å². The third-order valence-corrected chi connectivity index (χ3v) is 7.20. The topological polar surface area (TPSA) is 84.0 Å². The van der Waals surface area contributed by atoms with Gasteiger partial charge in [0.25, 0.3) is 0 Å². The summed E-state index contributed by atoms with van der Waals surface area (Å²) in [5, 5.41) is 27.9. The van der Waals surface area contributed by atoms with Gasteiger partial charge in [0, 0.05) is 38.9 Å². The molecule has 1 aliphatic carbocycles. The SMILES string of the molecule is CCCCc1cn([C@@H]2C[C@@H]3CN(Cc4cc5n(n4)CCCNC5)C[C@@H]3C[C@H]2O)nn1. The zero-order valence-electron chi connectivity index (χ0n) is 18.1. The highest BCUT2D eigenvalue weighted by Crippen LogP contribution is 2.41. The molecule has 2 fully saturated rings. The Hall–Kier alpha value is -1.77. The van der Waals surface area contributed by atoms with Gasteiger partial charge in [-0.1, -0.05) is 18.6 Å². The largest absolute Gasteiger partial charge is 0.391 e. The number of nitrogens with zero attached hydrogens (tertiary/aromatic N) is 6.